The maximum atomic E-state index is 12.5. The number of hydrogen-bond acceptors (Lipinski definition) is 5. The summed E-state index contributed by atoms with van der Waals surface area (Å²) in [5.41, 5.74) is 1.89. The number of carbonyl (C=O) groups excluding carboxylic acids is 1. The predicted octanol–water partition coefficient (Wildman–Crippen LogP) is 3.17. The van der Waals surface area contributed by atoms with Gasteiger partial charge in [0.05, 0.1) is 24.1 Å². The van der Waals surface area contributed by atoms with E-state index in [0.717, 1.165) is 11.3 Å². The number of amides is 1. The Bertz CT molecular complexity index is 1100. The Hall–Kier alpha value is -3.32. The number of anilines is 2. The van der Waals surface area contributed by atoms with Gasteiger partial charge in [0.15, 0.2) is 6.61 Å². The van der Waals surface area contributed by atoms with Gasteiger partial charge in [0.2, 0.25) is 0 Å². The number of ether oxygens (including phenoxy) is 1. The molecule has 154 valence electrons. The highest BCUT2D eigenvalue weighted by Gasteiger charge is 2.24. The van der Waals surface area contributed by atoms with Crippen LogP contribution >= 0.6 is 11.6 Å². The van der Waals surface area contributed by atoms with Crippen molar-refractivity contribution in [2.75, 3.05) is 29.9 Å². The second-order valence-electron chi connectivity index (χ2n) is 6.90. The number of benzene rings is 2. The monoisotopic (exact) mass is 424 g/mol. The molecule has 2 aromatic carbocycles. The quantitative estimate of drug-likeness (QED) is 0.589. The van der Waals surface area contributed by atoms with Gasteiger partial charge in [0.1, 0.15) is 10.8 Å². The van der Waals surface area contributed by atoms with Gasteiger partial charge in [0, 0.05) is 13.1 Å². The minimum Gasteiger partial charge on any atom is -0.482 e. The van der Waals surface area contributed by atoms with E-state index >= 15 is 0 Å². The van der Waals surface area contributed by atoms with E-state index in [0.29, 0.717) is 37.5 Å². The number of rotatable bonds is 7. The summed E-state index contributed by atoms with van der Waals surface area (Å²) in [5.74, 6) is 0.635. The van der Waals surface area contributed by atoms with Crippen LogP contribution in [0.5, 0.6) is 5.75 Å². The van der Waals surface area contributed by atoms with Gasteiger partial charge in [-0.3, -0.25) is 9.59 Å². The summed E-state index contributed by atoms with van der Waals surface area (Å²) in [5, 5.41) is 7.47. The van der Waals surface area contributed by atoms with Crippen molar-refractivity contribution in [3.63, 3.8) is 0 Å². The molecule has 2 heterocycles. The molecular weight excluding hydrogens is 404 g/mol. The number of hydrogen-bond donors (Lipinski definition) is 1. The van der Waals surface area contributed by atoms with E-state index < -0.39 is 0 Å². The van der Waals surface area contributed by atoms with Crippen LogP contribution < -0.4 is 20.5 Å². The Labute approximate surface area is 178 Å². The van der Waals surface area contributed by atoms with Gasteiger partial charge in [-0.05, 0) is 24.1 Å². The van der Waals surface area contributed by atoms with E-state index in [1.807, 2.05) is 54.6 Å². The zero-order valence-electron chi connectivity index (χ0n) is 16.3. The molecule has 8 heteroatoms. The standard InChI is InChI=1S/C22H21ClN4O3/c23-21-17(13-25-27(22(21)29)14-16-7-2-1-3-8-16)24-11-6-12-26-18-9-4-5-10-19(18)30-15-20(26)28/h1-5,7-10,13,24H,6,11-12,14-15H2. The molecule has 0 atom stereocenters. The van der Waals surface area contributed by atoms with Crippen LogP contribution in [0, 0.1) is 0 Å². The fourth-order valence-corrected chi connectivity index (χ4v) is 3.53. The summed E-state index contributed by atoms with van der Waals surface area (Å²) >= 11 is 6.27. The van der Waals surface area contributed by atoms with Crippen LogP contribution in [0.4, 0.5) is 11.4 Å². The number of nitrogens with zero attached hydrogens (tertiary/aromatic N) is 3. The van der Waals surface area contributed by atoms with Crippen LogP contribution in [-0.2, 0) is 11.3 Å². The van der Waals surface area contributed by atoms with Crippen molar-refractivity contribution in [2.45, 2.75) is 13.0 Å². The zero-order valence-corrected chi connectivity index (χ0v) is 17.0. The minimum atomic E-state index is -0.345. The van der Waals surface area contributed by atoms with Crippen molar-refractivity contribution in [3.8, 4) is 5.75 Å². The molecule has 7 nitrogen and oxygen atoms in total. The van der Waals surface area contributed by atoms with Gasteiger partial charge in [-0.2, -0.15) is 5.10 Å². The summed E-state index contributed by atoms with van der Waals surface area (Å²) < 4.78 is 6.79. The molecule has 0 aliphatic carbocycles. The van der Waals surface area contributed by atoms with Crippen LogP contribution in [0.15, 0.2) is 65.6 Å². The molecule has 1 aliphatic rings. The van der Waals surface area contributed by atoms with Crippen molar-refractivity contribution >= 4 is 28.9 Å². The Kier molecular flexibility index (Phi) is 5.99. The molecule has 0 spiro atoms. The lowest BCUT2D eigenvalue weighted by Gasteiger charge is -2.29. The Morgan fingerprint density at radius 2 is 1.83 bits per heavy atom. The third-order valence-electron chi connectivity index (χ3n) is 4.84. The maximum absolute atomic E-state index is 12.5. The molecule has 0 bridgehead atoms. The van der Waals surface area contributed by atoms with E-state index in [1.165, 1.54) is 4.68 Å². The Balaban J connectivity index is 1.36. The van der Waals surface area contributed by atoms with E-state index in [-0.39, 0.29) is 23.1 Å². The summed E-state index contributed by atoms with van der Waals surface area (Å²) in [6.07, 6.45) is 2.23. The molecule has 1 aliphatic heterocycles. The summed E-state index contributed by atoms with van der Waals surface area (Å²) in [6, 6.07) is 17.1. The van der Waals surface area contributed by atoms with Crippen LogP contribution in [0.2, 0.25) is 5.02 Å². The Morgan fingerprint density at radius 1 is 1.07 bits per heavy atom. The molecule has 30 heavy (non-hydrogen) atoms. The first kappa shape index (κ1) is 20.0. The van der Waals surface area contributed by atoms with Crippen LogP contribution in [0.25, 0.3) is 0 Å². The summed E-state index contributed by atoms with van der Waals surface area (Å²) in [4.78, 5) is 26.4. The summed E-state index contributed by atoms with van der Waals surface area (Å²) in [6.45, 7) is 1.47. The van der Waals surface area contributed by atoms with Crippen LogP contribution in [0.1, 0.15) is 12.0 Å². The first-order valence-corrected chi connectivity index (χ1v) is 10.1. The van der Waals surface area contributed by atoms with E-state index in [4.69, 9.17) is 16.3 Å². The fraction of sp³-hybridized carbons (Fsp3) is 0.227. The lowest BCUT2D eigenvalue weighted by molar-refractivity contribution is -0.121. The third-order valence-corrected chi connectivity index (χ3v) is 5.21. The molecule has 0 unspecified atom stereocenters. The molecule has 0 fully saturated rings. The number of para-hydroxylation sites is 2. The number of fused-ring (bicyclic) bond motifs is 1. The van der Waals surface area contributed by atoms with Crippen LogP contribution in [-0.4, -0.2) is 35.4 Å². The SMILES string of the molecule is O=C1COc2ccccc2N1CCCNc1cnn(Cc2ccccc2)c(=O)c1Cl. The highest BCUT2D eigenvalue weighted by atomic mass is 35.5. The molecule has 1 amide bonds. The number of nitrogens with one attached hydrogen (secondary N) is 1. The van der Waals surface area contributed by atoms with Crippen molar-refractivity contribution in [2.24, 2.45) is 0 Å². The lowest BCUT2D eigenvalue weighted by atomic mass is 10.2. The van der Waals surface area contributed by atoms with Crippen LogP contribution in [0.3, 0.4) is 0 Å². The molecule has 0 radical (unpaired) electrons. The van der Waals surface area contributed by atoms with Crippen molar-refractivity contribution in [3.05, 3.63) is 81.7 Å². The van der Waals surface area contributed by atoms with Gasteiger partial charge in [-0.15, -0.1) is 0 Å². The molecule has 4 rings (SSSR count). The second kappa shape index (κ2) is 9.00. The molecule has 0 saturated carbocycles. The van der Waals surface area contributed by atoms with E-state index in [2.05, 4.69) is 10.4 Å². The highest BCUT2D eigenvalue weighted by molar-refractivity contribution is 6.32. The first-order valence-electron chi connectivity index (χ1n) is 9.69. The Morgan fingerprint density at radius 3 is 2.67 bits per heavy atom. The molecule has 0 saturated heterocycles. The van der Waals surface area contributed by atoms with E-state index in [9.17, 15) is 9.59 Å². The predicted molar refractivity (Wildman–Crippen MR) is 116 cm³/mol. The number of carbonyl (C=O) groups is 1. The number of aromatic nitrogens is 2. The third kappa shape index (κ3) is 4.31. The second-order valence-corrected chi connectivity index (χ2v) is 7.28. The molecule has 3 aromatic rings. The van der Waals surface area contributed by atoms with Gasteiger partial charge in [-0.1, -0.05) is 54.1 Å². The topological polar surface area (TPSA) is 76.5 Å². The summed E-state index contributed by atoms with van der Waals surface area (Å²) in [7, 11) is 0. The minimum absolute atomic E-state index is 0.0415. The smallest absolute Gasteiger partial charge is 0.287 e. The van der Waals surface area contributed by atoms with Crippen molar-refractivity contribution in [1.82, 2.24) is 9.78 Å². The fourth-order valence-electron chi connectivity index (χ4n) is 3.32. The van der Waals surface area contributed by atoms with Gasteiger partial charge in [-0.25, -0.2) is 4.68 Å². The lowest BCUT2D eigenvalue weighted by Crippen LogP contribution is -2.39. The highest BCUT2D eigenvalue weighted by Crippen LogP contribution is 2.31. The largest absolute Gasteiger partial charge is 0.482 e. The van der Waals surface area contributed by atoms with Gasteiger partial charge in [0.25, 0.3) is 11.5 Å². The number of halogens is 1. The average Bonchev–Trinajstić information content (AvgIpc) is 2.77. The maximum Gasteiger partial charge on any atom is 0.287 e. The first-order chi connectivity index (χ1) is 14.6. The molecule has 1 aromatic heterocycles. The average molecular weight is 425 g/mol. The van der Waals surface area contributed by atoms with Crippen molar-refractivity contribution < 1.29 is 9.53 Å². The zero-order chi connectivity index (χ0) is 20.9. The molecular formula is C22H21ClN4O3. The van der Waals surface area contributed by atoms with Gasteiger partial charge >= 0.3 is 0 Å². The van der Waals surface area contributed by atoms with Gasteiger partial charge < -0.3 is 15.0 Å². The van der Waals surface area contributed by atoms with E-state index in [1.54, 1.807) is 11.1 Å². The molecule has 1 N–H and O–H groups in total. The normalized spacial score (nSPS) is 13.0. The van der Waals surface area contributed by atoms with Crippen molar-refractivity contribution in [1.29, 1.82) is 0 Å².